The van der Waals surface area contributed by atoms with Crippen molar-refractivity contribution in [1.82, 2.24) is 9.97 Å². The van der Waals surface area contributed by atoms with Crippen LogP contribution in [0.3, 0.4) is 0 Å². The molecule has 1 unspecified atom stereocenters. The van der Waals surface area contributed by atoms with Crippen LogP contribution in [0.2, 0.25) is 0 Å². The van der Waals surface area contributed by atoms with Crippen LogP contribution < -0.4 is 4.90 Å². The summed E-state index contributed by atoms with van der Waals surface area (Å²) < 4.78 is 53.9. The van der Waals surface area contributed by atoms with Gasteiger partial charge in [-0.1, -0.05) is 6.92 Å². The van der Waals surface area contributed by atoms with E-state index in [1.165, 1.54) is 11.8 Å². The first-order valence-electron chi connectivity index (χ1n) is 7.22. The summed E-state index contributed by atoms with van der Waals surface area (Å²) in [5, 5.41) is 9.30. The number of halogens is 4. The first-order valence-corrected chi connectivity index (χ1v) is 7.22. The van der Waals surface area contributed by atoms with Gasteiger partial charge < -0.3 is 10.0 Å². The Balaban J connectivity index is 2.11. The van der Waals surface area contributed by atoms with Crippen LogP contribution in [0.15, 0.2) is 12.1 Å². The zero-order valence-corrected chi connectivity index (χ0v) is 12.6. The number of fused-ring (bicyclic) bond motifs is 1. The molecule has 0 spiro atoms. The normalized spacial score (nSPS) is 20.4. The van der Waals surface area contributed by atoms with Crippen LogP contribution in [-0.2, 0) is 0 Å². The van der Waals surface area contributed by atoms with Gasteiger partial charge in [0.15, 0.2) is 23.1 Å². The van der Waals surface area contributed by atoms with Crippen LogP contribution in [0.5, 0.6) is 0 Å². The molecular formula is C15H13F4N3O2. The lowest BCUT2D eigenvalue weighted by molar-refractivity contribution is -0.0652. The van der Waals surface area contributed by atoms with Gasteiger partial charge in [-0.05, 0) is 0 Å². The van der Waals surface area contributed by atoms with E-state index in [0.29, 0.717) is 0 Å². The van der Waals surface area contributed by atoms with Gasteiger partial charge in [0.25, 0.3) is 5.92 Å². The van der Waals surface area contributed by atoms with Gasteiger partial charge in [0.1, 0.15) is 0 Å². The highest BCUT2D eigenvalue weighted by molar-refractivity contribution is 5.94. The quantitative estimate of drug-likeness (QED) is 0.849. The molecule has 128 valence electrons. The second-order valence-electron chi connectivity index (χ2n) is 5.81. The Morgan fingerprint density at radius 2 is 1.83 bits per heavy atom. The number of piperidine rings is 1. The van der Waals surface area contributed by atoms with E-state index < -0.39 is 41.6 Å². The van der Waals surface area contributed by atoms with E-state index in [-0.39, 0.29) is 29.9 Å². The van der Waals surface area contributed by atoms with E-state index >= 15 is 0 Å². The molecule has 1 atom stereocenters. The molecule has 5 nitrogen and oxygen atoms in total. The third kappa shape index (κ3) is 2.74. The van der Waals surface area contributed by atoms with E-state index in [0.717, 1.165) is 12.1 Å². The largest absolute Gasteiger partial charge is 0.476 e. The van der Waals surface area contributed by atoms with E-state index in [4.69, 9.17) is 0 Å². The van der Waals surface area contributed by atoms with Gasteiger partial charge in [-0.3, -0.25) is 0 Å². The molecule has 1 saturated heterocycles. The average Bonchev–Trinajstić information content (AvgIpc) is 2.50. The van der Waals surface area contributed by atoms with Crippen LogP contribution in [0, 0.1) is 17.6 Å². The molecule has 1 N–H and O–H groups in total. The second-order valence-corrected chi connectivity index (χ2v) is 5.81. The lowest BCUT2D eigenvalue weighted by atomic mass is 9.95. The molecule has 0 amide bonds. The zero-order chi connectivity index (χ0) is 17.6. The number of carboxylic acids is 1. The molecule has 9 heteroatoms. The number of hydrogen-bond donors (Lipinski definition) is 1. The molecule has 1 aliphatic heterocycles. The minimum Gasteiger partial charge on any atom is -0.476 e. The summed E-state index contributed by atoms with van der Waals surface area (Å²) in [5.74, 6) is -7.72. The molecule has 0 radical (unpaired) electrons. The van der Waals surface area contributed by atoms with Gasteiger partial charge in [0, 0.05) is 37.6 Å². The van der Waals surface area contributed by atoms with Crippen molar-refractivity contribution in [1.29, 1.82) is 0 Å². The van der Waals surface area contributed by atoms with Crippen LogP contribution in [-0.4, -0.2) is 40.1 Å². The fraction of sp³-hybridized carbons (Fsp3) is 0.400. The molecule has 1 aliphatic rings. The molecule has 2 aromatic rings. The van der Waals surface area contributed by atoms with Crippen molar-refractivity contribution in [2.24, 2.45) is 5.92 Å². The molecule has 0 saturated carbocycles. The molecule has 1 fully saturated rings. The van der Waals surface area contributed by atoms with Crippen molar-refractivity contribution in [3.05, 3.63) is 29.5 Å². The first kappa shape index (κ1) is 16.4. The molecule has 0 aliphatic carbocycles. The fourth-order valence-corrected chi connectivity index (χ4v) is 2.68. The maximum atomic E-state index is 13.6. The Kier molecular flexibility index (Phi) is 3.81. The van der Waals surface area contributed by atoms with Gasteiger partial charge in [-0.15, -0.1) is 0 Å². The van der Waals surface area contributed by atoms with Crippen LogP contribution in [0.4, 0.5) is 23.4 Å². The standard InChI is InChI=1S/C15H13F4N3O2/c1-7-6-22(3-2-15(7,18)19)13-12(14(23)24)20-10-4-8(16)9(17)5-11(10)21-13/h4-5,7H,2-3,6H2,1H3,(H,23,24). The van der Waals surface area contributed by atoms with Crippen molar-refractivity contribution in [3.8, 4) is 0 Å². The highest BCUT2D eigenvalue weighted by atomic mass is 19.3. The van der Waals surface area contributed by atoms with E-state index in [2.05, 4.69) is 9.97 Å². The summed E-state index contributed by atoms with van der Waals surface area (Å²) in [7, 11) is 0. The highest BCUT2D eigenvalue weighted by Crippen LogP contribution is 2.35. The van der Waals surface area contributed by atoms with E-state index in [1.54, 1.807) is 0 Å². The monoisotopic (exact) mass is 343 g/mol. The van der Waals surface area contributed by atoms with Crippen molar-refractivity contribution < 1.29 is 27.5 Å². The Morgan fingerprint density at radius 3 is 2.38 bits per heavy atom. The maximum Gasteiger partial charge on any atom is 0.358 e. The number of carbonyl (C=O) groups is 1. The molecule has 0 bridgehead atoms. The van der Waals surface area contributed by atoms with Crippen molar-refractivity contribution >= 4 is 22.8 Å². The highest BCUT2D eigenvalue weighted by Gasteiger charge is 2.42. The maximum absolute atomic E-state index is 13.6. The summed E-state index contributed by atoms with van der Waals surface area (Å²) in [6.07, 6.45) is -0.454. The topological polar surface area (TPSA) is 66.3 Å². The van der Waals surface area contributed by atoms with Crippen LogP contribution in [0.1, 0.15) is 23.8 Å². The predicted molar refractivity (Wildman–Crippen MR) is 77.4 cm³/mol. The molecule has 24 heavy (non-hydrogen) atoms. The zero-order valence-electron chi connectivity index (χ0n) is 12.6. The smallest absolute Gasteiger partial charge is 0.358 e. The Labute approximate surface area is 133 Å². The molecule has 3 rings (SSSR count). The SMILES string of the molecule is CC1CN(c2nc3cc(F)c(F)cc3nc2C(=O)O)CCC1(F)F. The third-order valence-corrected chi connectivity index (χ3v) is 4.12. The fourth-order valence-electron chi connectivity index (χ4n) is 2.68. The summed E-state index contributed by atoms with van der Waals surface area (Å²) in [5.41, 5.74) is -0.643. The number of aromatic carboxylic acids is 1. The van der Waals surface area contributed by atoms with Crippen molar-refractivity contribution in [2.75, 3.05) is 18.0 Å². The summed E-state index contributed by atoms with van der Waals surface area (Å²) in [6, 6.07) is 1.55. The number of anilines is 1. The van der Waals surface area contributed by atoms with Crippen molar-refractivity contribution in [3.63, 3.8) is 0 Å². The molecular weight excluding hydrogens is 330 g/mol. The number of benzene rings is 1. The Morgan fingerprint density at radius 1 is 1.25 bits per heavy atom. The number of alkyl halides is 2. The third-order valence-electron chi connectivity index (χ3n) is 4.12. The Hall–Kier alpha value is -2.45. The van der Waals surface area contributed by atoms with Crippen molar-refractivity contribution in [2.45, 2.75) is 19.3 Å². The summed E-state index contributed by atoms with van der Waals surface area (Å²) in [6.45, 7) is 1.13. The minimum atomic E-state index is -2.85. The van der Waals surface area contributed by atoms with E-state index in [9.17, 15) is 27.5 Å². The van der Waals surface area contributed by atoms with Gasteiger partial charge >= 0.3 is 5.97 Å². The number of rotatable bonds is 2. The number of aromatic nitrogens is 2. The number of nitrogens with zero attached hydrogens (tertiary/aromatic N) is 3. The van der Waals surface area contributed by atoms with Gasteiger partial charge in [-0.25, -0.2) is 32.3 Å². The Bertz CT molecular complexity index is 828. The molecule has 1 aromatic carbocycles. The van der Waals surface area contributed by atoms with Gasteiger partial charge in [0.2, 0.25) is 0 Å². The molecule has 1 aromatic heterocycles. The second kappa shape index (κ2) is 5.57. The lowest BCUT2D eigenvalue weighted by Gasteiger charge is -2.37. The summed E-state index contributed by atoms with van der Waals surface area (Å²) >= 11 is 0. The average molecular weight is 343 g/mol. The number of hydrogen-bond acceptors (Lipinski definition) is 4. The van der Waals surface area contributed by atoms with Gasteiger partial charge in [-0.2, -0.15) is 0 Å². The summed E-state index contributed by atoms with van der Waals surface area (Å²) in [4.78, 5) is 20.7. The lowest BCUT2D eigenvalue weighted by Crippen LogP contribution is -2.46. The first-order chi connectivity index (χ1) is 11.2. The van der Waals surface area contributed by atoms with Crippen LogP contribution in [0.25, 0.3) is 11.0 Å². The molecule has 2 heterocycles. The van der Waals surface area contributed by atoms with E-state index in [1.807, 2.05) is 0 Å². The number of carboxylic acid groups (broad SMARTS) is 1. The van der Waals surface area contributed by atoms with Crippen LogP contribution >= 0.6 is 0 Å². The predicted octanol–water partition coefficient (Wildman–Crippen LogP) is 3.09. The minimum absolute atomic E-state index is 0.0427. The van der Waals surface area contributed by atoms with Gasteiger partial charge in [0.05, 0.1) is 11.0 Å².